The molecule has 4 nitrogen and oxygen atoms in total. The fourth-order valence-corrected chi connectivity index (χ4v) is 3.37. The van der Waals surface area contributed by atoms with Crippen LogP contribution in [0.4, 0.5) is 5.69 Å². The molecule has 4 rings (SSSR count). The largest absolute Gasteiger partial charge is 0.385 e. The minimum atomic E-state index is -0.194. The number of hydrogen-bond acceptors (Lipinski definition) is 3. The van der Waals surface area contributed by atoms with Gasteiger partial charge < -0.3 is 10.3 Å². The normalized spacial score (nSPS) is 11.1. The summed E-state index contributed by atoms with van der Waals surface area (Å²) in [7, 11) is 0. The minimum absolute atomic E-state index is 0.194. The smallest absolute Gasteiger partial charge is 0.275 e. The molecule has 0 atom stereocenters. The topological polar surface area (TPSA) is 57.8 Å². The standard InChI is InChI=1S/C20H16BrN3O/c1-2-22-16-8-7-14(21)11-15(16)19-20(25)24-18-10-13-6-4-3-5-12(13)9-17(18)23-19/h3-11,22H,2H2,1H3,(H,24,25). The Kier molecular flexibility index (Phi) is 4.01. The lowest BCUT2D eigenvalue weighted by Crippen LogP contribution is -2.13. The fraction of sp³-hybridized carbons (Fsp3) is 0.100. The molecule has 124 valence electrons. The van der Waals surface area contributed by atoms with E-state index in [4.69, 9.17) is 0 Å². The average Bonchev–Trinajstić information content (AvgIpc) is 2.61. The van der Waals surface area contributed by atoms with Gasteiger partial charge in [-0.25, -0.2) is 4.98 Å². The van der Waals surface area contributed by atoms with E-state index in [2.05, 4.69) is 31.2 Å². The summed E-state index contributed by atoms with van der Waals surface area (Å²) in [5.74, 6) is 0. The predicted octanol–water partition coefficient (Wildman–Crippen LogP) is 4.94. The number of hydrogen-bond donors (Lipinski definition) is 2. The van der Waals surface area contributed by atoms with Gasteiger partial charge >= 0.3 is 0 Å². The highest BCUT2D eigenvalue weighted by atomic mass is 79.9. The molecular formula is C20H16BrN3O. The van der Waals surface area contributed by atoms with Crippen molar-refractivity contribution in [1.82, 2.24) is 9.97 Å². The zero-order valence-electron chi connectivity index (χ0n) is 13.6. The van der Waals surface area contributed by atoms with Gasteiger partial charge in [0.05, 0.1) is 11.0 Å². The number of halogens is 1. The number of H-pyrrole nitrogens is 1. The Morgan fingerprint density at radius 2 is 1.84 bits per heavy atom. The molecule has 0 amide bonds. The van der Waals surface area contributed by atoms with Crippen molar-refractivity contribution in [3.05, 3.63) is 69.4 Å². The van der Waals surface area contributed by atoms with Crippen molar-refractivity contribution < 1.29 is 0 Å². The summed E-state index contributed by atoms with van der Waals surface area (Å²) in [6.07, 6.45) is 0. The molecule has 0 aliphatic heterocycles. The van der Waals surface area contributed by atoms with Crippen LogP contribution in [0.25, 0.3) is 33.1 Å². The Bertz CT molecular complexity index is 1150. The Morgan fingerprint density at radius 1 is 1.08 bits per heavy atom. The fourth-order valence-electron chi connectivity index (χ4n) is 3.01. The maximum atomic E-state index is 12.7. The molecule has 0 bridgehead atoms. The summed E-state index contributed by atoms with van der Waals surface area (Å²) >= 11 is 3.48. The van der Waals surface area contributed by atoms with Crippen LogP contribution in [0.15, 0.2) is 63.9 Å². The Morgan fingerprint density at radius 3 is 2.60 bits per heavy atom. The van der Waals surface area contributed by atoms with Gasteiger partial charge in [-0.1, -0.05) is 40.2 Å². The second kappa shape index (κ2) is 6.33. The molecule has 0 aliphatic rings. The number of nitrogens with one attached hydrogen (secondary N) is 2. The zero-order valence-corrected chi connectivity index (χ0v) is 15.2. The summed E-state index contributed by atoms with van der Waals surface area (Å²) in [6, 6.07) is 17.9. The quantitative estimate of drug-likeness (QED) is 0.484. The molecule has 4 aromatic rings. The van der Waals surface area contributed by atoms with E-state index in [-0.39, 0.29) is 5.56 Å². The minimum Gasteiger partial charge on any atom is -0.385 e. The number of benzene rings is 3. The van der Waals surface area contributed by atoms with Crippen molar-refractivity contribution >= 4 is 43.4 Å². The summed E-state index contributed by atoms with van der Waals surface area (Å²) in [5.41, 5.74) is 3.42. The van der Waals surface area contributed by atoms with Crippen molar-refractivity contribution in [2.24, 2.45) is 0 Å². The van der Waals surface area contributed by atoms with Crippen molar-refractivity contribution in [2.45, 2.75) is 6.92 Å². The number of nitrogens with zero attached hydrogens (tertiary/aromatic N) is 1. The molecule has 2 N–H and O–H groups in total. The van der Waals surface area contributed by atoms with Gasteiger partial charge in [-0.15, -0.1) is 0 Å². The average molecular weight is 394 g/mol. The summed E-state index contributed by atoms with van der Waals surface area (Å²) in [5, 5.41) is 5.47. The first-order valence-corrected chi connectivity index (χ1v) is 8.91. The highest BCUT2D eigenvalue weighted by Crippen LogP contribution is 2.29. The Labute approximate surface area is 153 Å². The van der Waals surface area contributed by atoms with Gasteiger partial charge in [-0.3, -0.25) is 4.79 Å². The SMILES string of the molecule is CCNc1ccc(Br)cc1-c1nc2cc3ccccc3cc2[nH]c1=O. The van der Waals surface area contributed by atoms with Crippen LogP contribution in [0.1, 0.15) is 6.92 Å². The molecule has 1 heterocycles. The first-order valence-electron chi connectivity index (χ1n) is 8.12. The lowest BCUT2D eigenvalue weighted by Gasteiger charge is -2.11. The molecule has 0 saturated carbocycles. The highest BCUT2D eigenvalue weighted by Gasteiger charge is 2.13. The maximum Gasteiger partial charge on any atom is 0.275 e. The first kappa shape index (κ1) is 15.8. The van der Waals surface area contributed by atoms with Gasteiger partial charge in [-0.2, -0.15) is 0 Å². The molecule has 0 aliphatic carbocycles. The molecule has 0 saturated heterocycles. The third-order valence-corrected chi connectivity index (χ3v) is 4.66. The van der Waals surface area contributed by atoms with Crippen molar-refractivity contribution in [3.63, 3.8) is 0 Å². The van der Waals surface area contributed by atoms with Crippen LogP contribution in [0.3, 0.4) is 0 Å². The number of aromatic nitrogens is 2. The van der Waals surface area contributed by atoms with Crippen LogP contribution >= 0.6 is 15.9 Å². The summed E-state index contributed by atoms with van der Waals surface area (Å²) in [6.45, 7) is 2.79. The molecule has 3 aromatic carbocycles. The van der Waals surface area contributed by atoms with Gasteiger partial charge in [0.15, 0.2) is 0 Å². The van der Waals surface area contributed by atoms with Crippen LogP contribution in [-0.4, -0.2) is 16.5 Å². The van der Waals surface area contributed by atoms with Crippen LogP contribution < -0.4 is 10.9 Å². The second-order valence-electron chi connectivity index (χ2n) is 5.85. The second-order valence-corrected chi connectivity index (χ2v) is 6.77. The van der Waals surface area contributed by atoms with E-state index >= 15 is 0 Å². The molecule has 0 fully saturated rings. The van der Waals surface area contributed by atoms with Gasteiger partial charge in [0.1, 0.15) is 5.69 Å². The van der Waals surface area contributed by atoms with Gasteiger partial charge in [0, 0.05) is 22.3 Å². The van der Waals surface area contributed by atoms with Gasteiger partial charge in [-0.05, 0) is 48.0 Å². The Hall–Kier alpha value is -2.66. The van der Waals surface area contributed by atoms with E-state index in [0.29, 0.717) is 5.69 Å². The zero-order chi connectivity index (χ0) is 17.4. The van der Waals surface area contributed by atoms with E-state index in [0.717, 1.165) is 44.1 Å². The van der Waals surface area contributed by atoms with E-state index in [1.807, 2.05) is 61.5 Å². The highest BCUT2D eigenvalue weighted by molar-refractivity contribution is 9.10. The first-order chi connectivity index (χ1) is 12.2. The maximum absolute atomic E-state index is 12.7. The number of rotatable bonds is 3. The van der Waals surface area contributed by atoms with Crippen molar-refractivity contribution in [3.8, 4) is 11.3 Å². The number of aromatic amines is 1. The number of anilines is 1. The van der Waals surface area contributed by atoms with E-state index in [1.54, 1.807) is 0 Å². The monoisotopic (exact) mass is 393 g/mol. The molecule has 1 aromatic heterocycles. The lowest BCUT2D eigenvalue weighted by molar-refractivity contribution is 1.19. The van der Waals surface area contributed by atoms with E-state index in [9.17, 15) is 4.79 Å². The predicted molar refractivity (Wildman–Crippen MR) is 107 cm³/mol. The molecule has 0 radical (unpaired) electrons. The number of fused-ring (bicyclic) bond motifs is 2. The molecular weight excluding hydrogens is 378 g/mol. The lowest BCUT2D eigenvalue weighted by atomic mass is 10.1. The van der Waals surface area contributed by atoms with Crippen LogP contribution in [0.2, 0.25) is 0 Å². The van der Waals surface area contributed by atoms with Crippen LogP contribution in [-0.2, 0) is 0 Å². The molecule has 0 spiro atoms. The summed E-state index contributed by atoms with van der Waals surface area (Å²) in [4.78, 5) is 20.3. The van der Waals surface area contributed by atoms with Crippen LogP contribution in [0, 0.1) is 0 Å². The third kappa shape index (κ3) is 2.91. The van der Waals surface area contributed by atoms with E-state index < -0.39 is 0 Å². The molecule has 0 unspecified atom stereocenters. The third-order valence-electron chi connectivity index (χ3n) is 4.16. The Balaban J connectivity index is 1.99. The van der Waals surface area contributed by atoms with Crippen molar-refractivity contribution in [2.75, 3.05) is 11.9 Å². The molecule has 5 heteroatoms. The van der Waals surface area contributed by atoms with E-state index in [1.165, 1.54) is 0 Å². The van der Waals surface area contributed by atoms with Crippen molar-refractivity contribution in [1.29, 1.82) is 0 Å². The van der Waals surface area contributed by atoms with Crippen LogP contribution in [0.5, 0.6) is 0 Å². The van der Waals surface area contributed by atoms with Gasteiger partial charge in [0.2, 0.25) is 0 Å². The molecule has 25 heavy (non-hydrogen) atoms. The summed E-state index contributed by atoms with van der Waals surface area (Å²) < 4.78 is 0.906. The van der Waals surface area contributed by atoms with Gasteiger partial charge in [0.25, 0.3) is 5.56 Å².